The molecule has 0 amide bonds. The molecule has 0 heterocycles. The Morgan fingerprint density at radius 2 is 0.972 bits per heavy atom. The number of nitro groups is 2. The third kappa shape index (κ3) is 6.16. The van der Waals surface area contributed by atoms with Gasteiger partial charge in [0.15, 0.2) is 0 Å². The predicted octanol–water partition coefficient (Wildman–Crippen LogP) is 5.43. The van der Waals surface area contributed by atoms with E-state index in [1.807, 2.05) is 0 Å². The van der Waals surface area contributed by atoms with E-state index in [0.717, 1.165) is 0 Å². The minimum absolute atomic E-state index is 0. The normalized spacial score (nSPS) is 12.2. The van der Waals surface area contributed by atoms with Crippen LogP contribution < -0.4 is 0 Å². The van der Waals surface area contributed by atoms with Crippen molar-refractivity contribution in [3.8, 4) is 11.5 Å². The van der Waals surface area contributed by atoms with Crippen LogP contribution in [0.4, 0.5) is 11.4 Å². The number of phenols is 2. The zero-order valence-electron chi connectivity index (χ0n) is 19.2. The van der Waals surface area contributed by atoms with Crippen LogP contribution >= 0.6 is 0 Å². The zero-order chi connectivity index (χ0) is 24.9. The molecule has 0 aliphatic heterocycles. The summed E-state index contributed by atoms with van der Waals surface area (Å²) < 4.78 is 6.46. The van der Waals surface area contributed by atoms with Crippen LogP contribution in [0.1, 0.15) is 34.5 Å². The molecule has 4 aromatic carbocycles. The molecule has 9 nitrogen and oxygen atoms in total. The minimum Gasteiger partial charge on any atom is -0.508 e. The number of rotatable bonds is 8. The largest absolute Gasteiger partial charge is 0.508 e. The quantitative estimate of drug-likeness (QED) is 0.183. The Bertz CT molecular complexity index is 1260. The average molecular weight is 512 g/mol. The molecule has 4 rings (SSSR count). The fourth-order valence-corrected chi connectivity index (χ4v) is 3.89. The minimum atomic E-state index is -1.09. The first-order valence-corrected chi connectivity index (χ1v) is 10.5. The van der Waals surface area contributed by atoms with Crippen molar-refractivity contribution in [2.45, 2.75) is 12.2 Å². The maximum atomic E-state index is 11.8. The molecule has 1 radical (unpaired) electrons. The van der Waals surface area contributed by atoms with Crippen molar-refractivity contribution in [3.05, 3.63) is 140 Å². The SMILES string of the molecule is O=[N+]([O-])c1ccc(O)cc1C(OC(c1ccccc1)c1cc(O)ccc1[N+](=O)[O-])c1ccccc1.[K]. The van der Waals surface area contributed by atoms with E-state index in [4.69, 9.17) is 4.74 Å². The first kappa shape index (κ1) is 27.5. The van der Waals surface area contributed by atoms with Gasteiger partial charge in [0.05, 0.1) is 21.0 Å². The molecule has 0 fully saturated rings. The van der Waals surface area contributed by atoms with Gasteiger partial charge in [0, 0.05) is 63.5 Å². The van der Waals surface area contributed by atoms with Gasteiger partial charge in [0.2, 0.25) is 0 Å². The Labute approximate surface area is 248 Å². The summed E-state index contributed by atoms with van der Waals surface area (Å²) in [5, 5.41) is 43.9. The number of phenolic OH excluding ortho intramolecular Hbond substituents is 2. The molecule has 0 bridgehead atoms. The molecule has 0 aliphatic carbocycles. The molecule has 2 N–H and O–H groups in total. The summed E-state index contributed by atoms with van der Waals surface area (Å²) in [5.41, 5.74) is 0.646. The number of hydrogen-bond acceptors (Lipinski definition) is 7. The maximum Gasteiger partial charge on any atom is 0.275 e. The van der Waals surface area contributed by atoms with Gasteiger partial charge < -0.3 is 14.9 Å². The summed E-state index contributed by atoms with van der Waals surface area (Å²) in [6.07, 6.45) is -2.17. The van der Waals surface area contributed by atoms with E-state index in [2.05, 4.69) is 0 Å². The first-order valence-electron chi connectivity index (χ1n) is 10.5. The van der Waals surface area contributed by atoms with Gasteiger partial charge in [0.25, 0.3) is 11.4 Å². The molecule has 0 spiro atoms. The number of hydrogen-bond donors (Lipinski definition) is 2. The van der Waals surface area contributed by atoms with Gasteiger partial charge in [-0.25, -0.2) is 0 Å². The van der Waals surface area contributed by atoms with Gasteiger partial charge in [-0.2, -0.15) is 0 Å². The number of benzene rings is 4. The van der Waals surface area contributed by atoms with Crippen LogP contribution in [-0.2, 0) is 4.74 Å². The summed E-state index contributed by atoms with van der Waals surface area (Å²) in [4.78, 5) is 22.5. The van der Waals surface area contributed by atoms with Crippen molar-refractivity contribution in [1.29, 1.82) is 0 Å². The summed E-state index contributed by atoms with van der Waals surface area (Å²) in [5.74, 6) is -0.399. The molecular formula is C26H20KN2O7. The second-order valence-corrected chi connectivity index (χ2v) is 7.72. The second-order valence-electron chi connectivity index (χ2n) is 7.72. The number of nitrogens with zero attached hydrogens (tertiary/aromatic N) is 2. The smallest absolute Gasteiger partial charge is 0.275 e. The average Bonchev–Trinajstić information content (AvgIpc) is 2.85. The first-order chi connectivity index (χ1) is 16.8. The van der Waals surface area contributed by atoms with E-state index in [0.29, 0.717) is 11.1 Å². The number of nitro benzene ring substituents is 2. The Kier molecular flexibility index (Phi) is 9.32. The van der Waals surface area contributed by atoms with Gasteiger partial charge in [-0.3, -0.25) is 20.2 Å². The molecule has 36 heavy (non-hydrogen) atoms. The summed E-state index contributed by atoms with van der Waals surface area (Å²) >= 11 is 0. The number of aromatic hydroxyl groups is 2. The molecule has 0 aromatic heterocycles. The van der Waals surface area contributed by atoms with Crippen molar-refractivity contribution in [1.82, 2.24) is 0 Å². The van der Waals surface area contributed by atoms with Gasteiger partial charge in [-0.15, -0.1) is 0 Å². The van der Waals surface area contributed by atoms with Gasteiger partial charge in [-0.1, -0.05) is 60.7 Å². The Morgan fingerprint density at radius 1 is 0.611 bits per heavy atom. The van der Waals surface area contributed by atoms with Crippen molar-refractivity contribution >= 4 is 62.8 Å². The van der Waals surface area contributed by atoms with Gasteiger partial charge in [-0.05, 0) is 35.4 Å². The van der Waals surface area contributed by atoms with Crippen molar-refractivity contribution in [2.75, 3.05) is 0 Å². The molecule has 10 heteroatoms. The van der Waals surface area contributed by atoms with E-state index < -0.39 is 22.1 Å². The number of ether oxygens (including phenoxy) is 1. The molecule has 2 unspecified atom stereocenters. The standard InChI is InChI=1S/C26H20N2O7.K/c29-19-11-13-23(27(31)32)21(15-19)25(17-7-3-1-4-8-17)35-26(18-9-5-2-6-10-18)22-16-20(30)12-14-24(22)28(33)34;/h1-16,25-26,29-30H;. The third-order valence-electron chi connectivity index (χ3n) is 5.46. The molecule has 0 aliphatic rings. The van der Waals surface area contributed by atoms with Crippen LogP contribution in [0.15, 0.2) is 97.1 Å². The molecular weight excluding hydrogens is 491 g/mol. The monoisotopic (exact) mass is 511 g/mol. The third-order valence-corrected chi connectivity index (χ3v) is 5.46. The summed E-state index contributed by atoms with van der Waals surface area (Å²) in [6.45, 7) is 0. The van der Waals surface area contributed by atoms with Crippen molar-refractivity contribution in [2.24, 2.45) is 0 Å². The molecule has 177 valence electrons. The van der Waals surface area contributed by atoms with E-state index in [1.165, 1.54) is 36.4 Å². The van der Waals surface area contributed by atoms with Crippen LogP contribution in [0.25, 0.3) is 0 Å². The predicted molar refractivity (Wildman–Crippen MR) is 133 cm³/mol. The molecule has 2 atom stereocenters. The second kappa shape index (κ2) is 12.2. The van der Waals surface area contributed by atoms with E-state index >= 15 is 0 Å². The van der Waals surface area contributed by atoms with Gasteiger partial charge >= 0.3 is 0 Å². The van der Waals surface area contributed by atoms with E-state index in [1.54, 1.807) is 60.7 Å². The molecule has 0 saturated heterocycles. The van der Waals surface area contributed by atoms with Crippen LogP contribution in [-0.4, -0.2) is 71.4 Å². The van der Waals surface area contributed by atoms with Crippen LogP contribution in [0.2, 0.25) is 0 Å². The summed E-state index contributed by atoms with van der Waals surface area (Å²) in [6, 6.07) is 24.5. The van der Waals surface area contributed by atoms with Crippen molar-refractivity contribution in [3.63, 3.8) is 0 Å². The summed E-state index contributed by atoms with van der Waals surface area (Å²) in [7, 11) is 0. The van der Waals surface area contributed by atoms with Gasteiger partial charge in [0.1, 0.15) is 23.7 Å². The Balaban J connectivity index is 0.00000361. The van der Waals surface area contributed by atoms with Crippen molar-refractivity contribution < 1.29 is 24.8 Å². The topological polar surface area (TPSA) is 136 Å². The fourth-order valence-electron chi connectivity index (χ4n) is 3.89. The van der Waals surface area contributed by atoms with Crippen LogP contribution in [0.3, 0.4) is 0 Å². The molecule has 0 saturated carbocycles. The van der Waals surface area contributed by atoms with E-state index in [9.17, 15) is 30.4 Å². The molecule has 4 aromatic rings. The Morgan fingerprint density at radius 3 is 1.31 bits per heavy atom. The maximum absolute atomic E-state index is 11.8. The fraction of sp³-hybridized carbons (Fsp3) is 0.0769. The Hall–Kier alpha value is -3.12. The van der Waals surface area contributed by atoms with Crippen LogP contribution in [0, 0.1) is 20.2 Å². The van der Waals surface area contributed by atoms with E-state index in [-0.39, 0.29) is 85.4 Å². The van der Waals surface area contributed by atoms with Crippen LogP contribution in [0.5, 0.6) is 11.5 Å². The zero-order valence-corrected chi connectivity index (χ0v) is 22.3.